The molecular formula is C31H38F6N4O2S107. The van der Waals surface area contributed by atoms with Gasteiger partial charge in [-0.15, -0.1) is 0 Å². The summed E-state index contributed by atoms with van der Waals surface area (Å²) in [4.78, 5) is 30.5. The predicted molar refractivity (Wildman–Crippen MR) is 938 cm³/mol. The van der Waals surface area contributed by atoms with Crippen molar-refractivity contribution in [2.45, 2.75) is 64.5 Å². The summed E-state index contributed by atoms with van der Waals surface area (Å²) in [5, 5.41) is 0. The van der Waals surface area contributed by atoms with Gasteiger partial charge in [0.15, 0.2) is 0 Å². The Bertz CT molecular complexity index is 10200. The number of alkyl halides is 6. The summed E-state index contributed by atoms with van der Waals surface area (Å²) in [6.45, 7) is 8.16. The molecule has 3 amide bonds. The third-order valence-corrected chi connectivity index (χ3v) is 243. The lowest BCUT2D eigenvalue weighted by molar-refractivity contribution is -0.141. The van der Waals surface area contributed by atoms with Gasteiger partial charge in [-0.25, -0.2) is 4.79 Å². The average Bonchev–Trinajstić information content (AvgIpc) is 0.771. The molecule has 2 heterocycles. The number of likely N-dealkylation sites (tertiary alicyclic amines) is 1. The summed E-state index contributed by atoms with van der Waals surface area (Å²) in [6.07, 6.45) is -7.36. The van der Waals surface area contributed by atoms with E-state index in [9.17, 15) is 35.9 Å². The van der Waals surface area contributed by atoms with Gasteiger partial charge in [0.2, 0.25) is 5.91 Å². The summed E-state index contributed by atoms with van der Waals surface area (Å²) in [7, 11) is 190. The Morgan fingerprint density at radius 2 is 0.413 bits per heavy atom. The Morgan fingerprint density at radius 3 is 0.547 bits per heavy atom. The van der Waals surface area contributed by atoms with Crippen molar-refractivity contribution in [1.29, 1.82) is 0 Å². The van der Waals surface area contributed by atoms with Crippen molar-refractivity contribution in [2.75, 3.05) is 32.7 Å². The Kier molecular flexibility index (Phi) is 138. The van der Waals surface area contributed by atoms with E-state index in [-0.39, 0.29) is 23.3 Å². The van der Waals surface area contributed by atoms with E-state index in [4.69, 9.17) is 28.1 Å². The largest absolute Gasteiger partial charge is 0.416 e. The average molecular weight is 4040 g/mol. The van der Waals surface area contributed by atoms with Gasteiger partial charge < -0.3 is 15.5 Å². The van der Waals surface area contributed by atoms with Gasteiger partial charge >= 0.3 is 18.4 Å². The van der Waals surface area contributed by atoms with Crippen molar-refractivity contribution in [3.05, 3.63) is 70.8 Å². The van der Waals surface area contributed by atoms with E-state index in [1.54, 1.807) is 111 Å². The molecule has 4 rings (SSSR count). The fourth-order valence-electron chi connectivity index (χ4n) is 7.29. The number of carbonyl (C=O) groups is 2. The van der Waals surface area contributed by atoms with Crippen LogP contribution >= 0.6 is 0 Å². The van der Waals surface area contributed by atoms with Gasteiger partial charge in [0.1, 0.15) is 0 Å². The number of carbonyl (C=O) groups excluding carboxylic acids is 2. The maximum absolute atomic E-state index is 13.6. The molecule has 150 heavy (non-hydrogen) atoms. The van der Waals surface area contributed by atoms with Gasteiger partial charge in [0.25, 0.3) is 0 Å². The zero-order valence-corrected chi connectivity index (χ0v) is 156. The van der Waals surface area contributed by atoms with Gasteiger partial charge in [-0.2, -0.15) is 26.3 Å². The van der Waals surface area contributed by atoms with E-state index in [2.05, 4.69) is 0 Å². The first-order valence-corrected chi connectivity index (χ1v) is 173. The highest BCUT2D eigenvalue weighted by molar-refractivity contribution is 8.88. The van der Waals surface area contributed by atoms with Gasteiger partial charge in [-0.1, -0.05) is 45.0 Å². The van der Waals surface area contributed by atoms with Crippen molar-refractivity contribution >= 4 is 967 Å². The molecule has 0 bridgehead atoms. The third kappa shape index (κ3) is 107. The molecule has 2 aliphatic rings. The van der Waals surface area contributed by atoms with Crippen LogP contribution < -0.4 is 5.73 Å². The van der Waals surface area contributed by atoms with Gasteiger partial charge in [-0.05, 0) is 59.6 Å². The second-order valence-corrected chi connectivity index (χ2v) is 205. The number of piperidine rings is 1. The van der Waals surface area contributed by atoms with E-state index in [0.29, 0.717) is 63.1 Å². The SMILES string of the molecule is CC(C)(C)[C@H]1CN(C(c2ccc(C(F)(F)F)cc2)c2ccc(C(F)(F)F)cc2)CCN1C(=O)CC1CCN(C(N)=O)CC1.S=S=S=S=S=S=S=S=S=S=S=S=S=S=S=S=S=S=S=S=S=S=S=S=S=S=S=S=S=S=S=S=S=S=S=S=S=S=S=S=S=S=S=S=S=S=S=S=S=S=S=S=S=S=S=S=S=S=S=S=S=S=S=S=S=S=S=S=S=S=S=S=S=S=S=S=S=S=S=S=S=S=S=S=S=S=S=S=S=S=S=S=S=S=S=S=S=S=S=S=S=S=S=S=S=S=S. The van der Waals surface area contributed by atoms with Crippen LogP contribution in [-0.4, -0.2) is 65.4 Å². The van der Waals surface area contributed by atoms with Crippen LogP contribution in [0.2, 0.25) is 0 Å². The number of rotatable bonds is 5. The molecule has 2 aliphatic heterocycles. The first-order valence-electron chi connectivity index (χ1n) is 32.0. The standard InChI is InChI=1S/C31H38F6N4O2.S107/c1-29(2,3)25-19-40(16-17-41(25)26(42)18-20-12-14-39(15-13-20)28(38)43)27(21-4-8-23(9-5-21)30(32,33)34)22-6-10-24(11-7-22)31(35,36)37;1-3-5-7-9-11-13-15-17-19-21-23-25-27-29-31-33-35-37-39-41-43-45-47-49-51-53-55-57-59-61-63-65-67-69-71-73-75-77-79-81-83-85-87-89-91-93-95-97-99-101-103-105-107-106-104-102-100-98-96-94-92-90-88-86-84-82-80-78-76-74-72-70-68-66-64-62-60-58-56-54-52-50-48-46-44-42-40-38-36-34-32-30-28-26-24-22-20-18-16-14-12-10-8-6-4-2/h4-11,20,25,27H,12-19H2,1-3H3,(H2,38,43);/t25-;/m1./s1. The molecule has 2 aromatic rings. The predicted octanol–water partition coefficient (Wildman–Crippen LogP) is 6.30. The number of benzene rings is 2. The molecule has 0 aromatic heterocycles. The molecular weight excluding hydrogens is 4010 g/mol. The first kappa shape index (κ1) is 164. The minimum absolute atomic E-state index is 0.00212. The smallest absolute Gasteiger partial charge is 0.351 e. The maximum Gasteiger partial charge on any atom is 0.416 e. The molecule has 0 spiro atoms. The van der Waals surface area contributed by atoms with Crippen LogP contribution in [-0.2, 0) is 972 Å². The summed E-state index contributed by atoms with van der Waals surface area (Å²) in [5.74, 6) is 0.117. The molecule has 6 nitrogen and oxygen atoms in total. The minimum Gasteiger partial charge on any atom is -0.351 e. The number of urea groups is 1. The second-order valence-electron chi connectivity index (χ2n) is 19.7. The summed E-state index contributed by atoms with van der Waals surface area (Å²) in [6, 6.07) is 8.06. The van der Waals surface area contributed by atoms with E-state index in [0.717, 1.165) is 24.3 Å². The van der Waals surface area contributed by atoms with E-state index in [1.807, 2.05) is 839 Å². The van der Waals surface area contributed by atoms with Crippen molar-refractivity contribution in [3.8, 4) is 0 Å². The molecule has 2 N–H and O–H groups in total. The minimum atomic E-state index is -4.53. The summed E-state index contributed by atoms with van der Waals surface area (Å²) in [5.41, 5.74) is 4.42. The number of hydrogen-bond donors (Lipinski definition) is 1. The van der Waals surface area contributed by atoms with Crippen LogP contribution in [0.3, 0.4) is 0 Å². The van der Waals surface area contributed by atoms with Gasteiger partial charge in [0, 0.05) is 1000 Å². The number of halogens is 6. The molecule has 119 heteroatoms. The van der Waals surface area contributed by atoms with Crippen LogP contribution in [0.1, 0.15) is 68.3 Å². The molecule has 0 unspecified atom stereocenters. The Morgan fingerprint density at radius 1 is 0.260 bits per heavy atom. The molecule has 0 radical (unpaired) electrons. The highest BCUT2D eigenvalue weighted by atomic mass is 33.6. The molecule has 0 saturated carbocycles. The number of nitrogens with two attached hydrogens (primary N) is 1. The van der Waals surface area contributed by atoms with Crippen LogP contribution in [0.4, 0.5) is 31.1 Å². The highest BCUT2D eigenvalue weighted by Gasteiger charge is 2.42. The molecule has 1 atom stereocenters. The molecule has 878 valence electrons. The summed E-state index contributed by atoms with van der Waals surface area (Å²) < 4.78 is 79.8. The number of piperazine rings is 1. The van der Waals surface area contributed by atoms with Gasteiger partial charge in [-0.3, -0.25) is 9.69 Å². The lowest BCUT2D eigenvalue weighted by atomic mass is 9.82. The molecule has 2 aromatic carbocycles. The topological polar surface area (TPSA) is 69.9 Å². The van der Waals surface area contributed by atoms with Crippen molar-refractivity contribution in [2.24, 2.45) is 17.1 Å². The van der Waals surface area contributed by atoms with E-state index >= 15 is 0 Å². The molecule has 2 fully saturated rings. The third-order valence-electron chi connectivity index (χ3n) is 11.5. The quantitative estimate of drug-likeness (QED) is 0.357. The second kappa shape index (κ2) is 126. The normalized spacial score (nSPS) is 11.3. The van der Waals surface area contributed by atoms with Crippen LogP contribution in [0, 0.1) is 11.3 Å². The lowest BCUT2D eigenvalue weighted by Crippen LogP contribution is -2.60. The van der Waals surface area contributed by atoms with Gasteiger partial charge in [0.05, 0.1) is 17.2 Å². The Balaban J connectivity index is 0.00000110. The molecule has 2 saturated heterocycles. The van der Waals surface area contributed by atoms with Crippen LogP contribution in [0.15, 0.2) is 48.5 Å². The maximum atomic E-state index is 13.6. The highest BCUT2D eigenvalue weighted by Crippen LogP contribution is 2.39. The fourth-order valence-corrected chi connectivity index (χ4v) is 290. The number of amides is 3. The Hall–Kier alpha value is 20.3. The fraction of sp³-hybridized carbons (Fsp3) is 0.548. The zero-order chi connectivity index (χ0) is 108. The van der Waals surface area contributed by atoms with Crippen molar-refractivity contribution in [1.82, 2.24) is 14.7 Å². The van der Waals surface area contributed by atoms with Crippen molar-refractivity contribution < 1.29 is 35.9 Å². The first-order chi connectivity index (χ1) is 73.4. The number of nitrogens with zero attached hydrogens (tertiary/aromatic N) is 3. The summed E-state index contributed by atoms with van der Waals surface area (Å²) >= 11 is 9.66. The van der Waals surface area contributed by atoms with E-state index < -0.39 is 35.6 Å². The number of hydrogen-bond acceptors (Lipinski definition) is 5. The van der Waals surface area contributed by atoms with Crippen molar-refractivity contribution in [3.63, 3.8) is 0 Å². The number of primary amides is 1. The van der Waals surface area contributed by atoms with E-state index in [1.165, 1.54) is 42.0 Å². The molecule has 0 aliphatic carbocycles. The lowest BCUT2D eigenvalue weighted by Gasteiger charge is -2.50. The van der Waals surface area contributed by atoms with Crippen LogP contribution in [0.25, 0.3) is 0 Å². The monoisotopic (exact) mass is 4030 g/mol. The zero-order valence-electron chi connectivity index (χ0n) is 68.2. The Labute approximate surface area is 1170 Å². The van der Waals surface area contributed by atoms with Crippen LogP contribution in [0.5, 0.6) is 0 Å².